The Morgan fingerprint density at radius 3 is 2.25 bits per heavy atom. The molecule has 0 bridgehead atoms. The molecule has 1 atom stereocenters. The predicted octanol–water partition coefficient (Wildman–Crippen LogP) is 5.13. The number of hydrogen-bond acceptors (Lipinski definition) is 4. The number of aryl methyl sites for hydroxylation is 1. The molecule has 1 radical (unpaired) electrons. The van der Waals surface area contributed by atoms with Crippen LogP contribution in [0.25, 0.3) is 33.4 Å². The number of nitrogens with zero attached hydrogens (tertiary/aromatic N) is 3. The minimum absolute atomic E-state index is 0.332. The van der Waals surface area contributed by atoms with Crippen molar-refractivity contribution in [2.75, 3.05) is 19.3 Å². The fourth-order valence-corrected chi connectivity index (χ4v) is 14.3. The molecule has 0 amide bonds. The van der Waals surface area contributed by atoms with Crippen molar-refractivity contribution >= 4 is 44.2 Å². The van der Waals surface area contributed by atoms with Crippen molar-refractivity contribution < 1.29 is 8.42 Å². The molecule has 0 saturated carbocycles. The first kappa shape index (κ1) is 25.5. The molecule has 5 nitrogen and oxygen atoms in total. The van der Waals surface area contributed by atoms with E-state index in [9.17, 15) is 8.42 Å². The van der Waals surface area contributed by atoms with Crippen LogP contribution >= 0.6 is 0 Å². The average Bonchev–Trinajstić information content (AvgIpc) is 3.19. The van der Waals surface area contributed by atoms with Gasteiger partial charge in [0.15, 0.2) is 9.84 Å². The van der Waals surface area contributed by atoms with Crippen LogP contribution in [0, 0.1) is 0 Å². The third kappa shape index (κ3) is 5.00. The Morgan fingerprint density at radius 1 is 0.972 bits per heavy atom. The Kier molecular flexibility index (Phi) is 7.04. The summed E-state index contributed by atoms with van der Waals surface area (Å²) in [5.74, 6) is 0. The van der Waals surface area contributed by atoms with Crippen molar-refractivity contribution in [2.45, 2.75) is 40.1 Å². The van der Waals surface area contributed by atoms with E-state index in [1.807, 2.05) is 25.4 Å². The van der Waals surface area contributed by atoms with Gasteiger partial charge in [0.2, 0.25) is 0 Å². The summed E-state index contributed by atoms with van der Waals surface area (Å²) < 4.78 is 29.6. The van der Waals surface area contributed by atoms with Crippen LogP contribution < -0.4 is 3.58 Å². The number of fused-ring (bicyclic) bond motifs is 1. The van der Waals surface area contributed by atoms with Gasteiger partial charge in [0.25, 0.3) is 0 Å². The average molecular weight is 607 g/mol. The van der Waals surface area contributed by atoms with Crippen LogP contribution in [0.1, 0.15) is 20.8 Å². The first-order chi connectivity index (χ1) is 17.1. The second-order valence-corrected chi connectivity index (χ2v) is 21.3. The van der Waals surface area contributed by atoms with Gasteiger partial charge < -0.3 is 0 Å². The maximum absolute atomic E-state index is 11.8. The molecule has 7 heteroatoms. The fraction of sp³-hybridized carbons (Fsp3) is 0.345. The van der Waals surface area contributed by atoms with Gasteiger partial charge >= 0.3 is 193 Å². The predicted molar refractivity (Wildman–Crippen MR) is 151 cm³/mol. The molecule has 5 rings (SSSR count). The van der Waals surface area contributed by atoms with Crippen LogP contribution in [0.15, 0.2) is 71.8 Å². The van der Waals surface area contributed by atoms with E-state index < -0.39 is 29.6 Å². The summed E-state index contributed by atoms with van der Waals surface area (Å²) >= 11 is -1.62. The molecule has 187 valence electrons. The Labute approximate surface area is 221 Å². The normalized spacial score (nSPS) is 17.8. The summed E-state index contributed by atoms with van der Waals surface area (Å²) in [5, 5.41) is 0. The Hall–Kier alpha value is -2.16. The van der Waals surface area contributed by atoms with Crippen molar-refractivity contribution in [1.82, 2.24) is 14.5 Å². The summed E-state index contributed by atoms with van der Waals surface area (Å²) in [6, 6.07) is 21.3. The maximum atomic E-state index is 11.8. The van der Waals surface area contributed by atoms with Gasteiger partial charge in [-0.1, -0.05) is 0 Å². The molecule has 1 aliphatic heterocycles. The molecule has 4 aromatic rings. The quantitative estimate of drug-likeness (QED) is 0.296. The minimum atomic E-state index is -3.21. The first-order valence-electron chi connectivity index (χ1n) is 12.6. The number of aromatic nitrogens is 2. The van der Waals surface area contributed by atoms with E-state index in [0.29, 0.717) is 10.9 Å². The van der Waals surface area contributed by atoms with E-state index >= 15 is 0 Å². The fourth-order valence-electron chi connectivity index (χ4n) is 5.35. The van der Waals surface area contributed by atoms with Crippen molar-refractivity contribution in [3.05, 3.63) is 66.9 Å². The SMILES string of the molecule is CC(C)N1C[CH2][Sn]([c]2ccc(-c3cnc4cc(-c5ccc(S(C)(=O)=O)cc5)n(C)c4c3)cc2)[C@@H](C)C1. The number of pyridine rings is 1. The van der Waals surface area contributed by atoms with Gasteiger partial charge in [0, 0.05) is 6.26 Å². The Bertz CT molecular complexity index is 1490. The molecule has 2 aromatic heterocycles. The standard InChI is InChI=1S/C21H17N2O2S.C8H17N.Sn/c1-23-20(16-8-10-18(11-9-16)26(2,24)25)13-19-21(23)12-17(14-22-19)15-6-4-3-5-7-15;1-5-7-9(6-2)8(3)4;/h4-14H,1-2H3;5,8H,2,6-7H2,1,3-4H3;. The van der Waals surface area contributed by atoms with E-state index in [4.69, 9.17) is 4.98 Å². The van der Waals surface area contributed by atoms with Crippen molar-refractivity contribution in [2.24, 2.45) is 7.05 Å². The number of benzene rings is 2. The van der Waals surface area contributed by atoms with Crippen molar-refractivity contribution in [3.8, 4) is 22.4 Å². The van der Waals surface area contributed by atoms with Gasteiger partial charge in [-0.2, -0.15) is 0 Å². The van der Waals surface area contributed by atoms with E-state index in [2.05, 4.69) is 66.6 Å². The summed E-state index contributed by atoms with van der Waals surface area (Å²) in [4.78, 5) is 7.73. The molecule has 1 fully saturated rings. The van der Waals surface area contributed by atoms with E-state index in [1.54, 1.807) is 15.7 Å². The molecular formula is C29H34N3O2SSn. The Morgan fingerprint density at radius 2 is 1.64 bits per heavy atom. The topological polar surface area (TPSA) is 55.2 Å². The van der Waals surface area contributed by atoms with Gasteiger partial charge in [-0.3, -0.25) is 0 Å². The molecule has 2 aromatic carbocycles. The zero-order valence-electron chi connectivity index (χ0n) is 21.7. The summed E-state index contributed by atoms with van der Waals surface area (Å²) in [6.07, 6.45) is 3.19. The molecule has 36 heavy (non-hydrogen) atoms. The monoisotopic (exact) mass is 608 g/mol. The number of rotatable bonds is 5. The molecule has 0 aliphatic carbocycles. The van der Waals surface area contributed by atoms with Gasteiger partial charge in [0.1, 0.15) is 0 Å². The van der Waals surface area contributed by atoms with E-state index in [1.165, 1.54) is 29.3 Å². The molecule has 1 aliphatic rings. The van der Waals surface area contributed by atoms with E-state index in [0.717, 1.165) is 31.8 Å². The summed E-state index contributed by atoms with van der Waals surface area (Å²) in [5.41, 5.74) is 6.29. The Balaban J connectivity index is 1.40. The van der Waals surface area contributed by atoms with Crippen LogP contribution in [0.5, 0.6) is 0 Å². The van der Waals surface area contributed by atoms with Gasteiger partial charge in [-0.15, -0.1) is 0 Å². The summed E-state index contributed by atoms with van der Waals surface area (Å²) in [6.45, 7) is 9.60. The number of sulfone groups is 1. The van der Waals surface area contributed by atoms with Crippen LogP contribution in [0.4, 0.5) is 0 Å². The molecule has 1 saturated heterocycles. The zero-order chi connectivity index (χ0) is 25.6. The second-order valence-electron chi connectivity index (χ2n) is 10.4. The molecular weight excluding hydrogens is 573 g/mol. The van der Waals surface area contributed by atoms with Crippen LogP contribution in [-0.4, -0.2) is 68.0 Å². The number of hydrogen-bond donors (Lipinski definition) is 0. The zero-order valence-corrected chi connectivity index (χ0v) is 25.4. The van der Waals surface area contributed by atoms with E-state index in [-0.39, 0.29) is 0 Å². The molecule has 0 unspecified atom stereocenters. The second kappa shape index (κ2) is 9.95. The van der Waals surface area contributed by atoms with Gasteiger partial charge in [-0.05, 0) is 0 Å². The molecule has 3 heterocycles. The van der Waals surface area contributed by atoms with Gasteiger partial charge in [0.05, 0.1) is 4.90 Å². The first-order valence-corrected chi connectivity index (χ1v) is 19.6. The van der Waals surface area contributed by atoms with Crippen LogP contribution in [0.2, 0.25) is 8.37 Å². The van der Waals surface area contributed by atoms with Crippen LogP contribution in [-0.2, 0) is 16.9 Å². The molecule has 0 N–H and O–H groups in total. The van der Waals surface area contributed by atoms with Crippen molar-refractivity contribution in [1.29, 1.82) is 0 Å². The third-order valence-corrected chi connectivity index (χ3v) is 17.9. The van der Waals surface area contributed by atoms with Gasteiger partial charge in [-0.25, -0.2) is 8.42 Å². The third-order valence-electron chi connectivity index (χ3n) is 7.56. The summed E-state index contributed by atoms with van der Waals surface area (Å²) in [7, 11) is -1.17. The molecule has 0 spiro atoms. The van der Waals surface area contributed by atoms with Crippen LogP contribution in [0.3, 0.4) is 0 Å². The van der Waals surface area contributed by atoms with Crippen molar-refractivity contribution in [3.63, 3.8) is 0 Å².